The lowest BCUT2D eigenvalue weighted by molar-refractivity contribution is -0.130. The predicted octanol–water partition coefficient (Wildman–Crippen LogP) is 2.05. The van der Waals surface area contributed by atoms with Crippen LogP contribution in [0.3, 0.4) is 0 Å². The summed E-state index contributed by atoms with van der Waals surface area (Å²) in [5.41, 5.74) is 0.768. The first-order valence-electron chi connectivity index (χ1n) is 8.46. The van der Waals surface area contributed by atoms with Crippen molar-refractivity contribution < 1.29 is 18.8 Å². The zero-order valence-corrected chi connectivity index (χ0v) is 16.0. The molecule has 0 saturated heterocycles. The maximum Gasteiger partial charge on any atom is 0.241 e. The zero-order chi connectivity index (χ0) is 19.1. The Morgan fingerprint density at radius 1 is 1.19 bits per heavy atom. The van der Waals surface area contributed by atoms with Crippen molar-refractivity contribution in [2.75, 3.05) is 41.4 Å². The van der Waals surface area contributed by atoms with Gasteiger partial charge in [-0.15, -0.1) is 0 Å². The Hall–Kier alpha value is -2.61. The maximum absolute atomic E-state index is 12.0. The second-order valence-corrected chi connectivity index (χ2v) is 6.08. The molecule has 0 N–H and O–H groups in total. The summed E-state index contributed by atoms with van der Waals surface area (Å²) in [6.45, 7) is 3.58. The van der Waals surface area contributed by atoms with Crippen LogP contribution >= 0.6 is 0 Å². The number of aromatic nitrogens is 2. The van der Waals surface area contributed by atoms with Gasteiger partial charge in [-0.2, -0.15) is 4.98 Å². The SMILES string of the molecule is CCCN(CC(=O)N(C)C)Cc1nc(-c2ccc(OC)c(OC)c2)no1. The molecule has 0 aliphatic heterocycles. The summed E-state index contributed by atoms with van der Waals surface area (Å²) >= 11 is 0. The number of likely N-dealkylation sites (N-methyl/N-ethyl adjacent to an activating group) is 1. The molecule has 8 heteroatoms. The minimum Gasteiger partial charge on any atom is -0.493 e. The van der Waals surface area contributed by atoms with Gasteiger partial charge in [-0.25, -0.2) is 0 Å². The number of hydrogen-bond acceptors (Lipinski definition) is 7. The number of carbonyl (C=O) groups excluding carboxylic acids is 1. The van der Waals surface area contributed by atoms with Crippen molar-refractivity contribution in [1.29, 1.82) is 0 Å². The van der Waals surface area contributed by atoms with Gasteiger partial charge in [0.25, 0.3) is 0 Å². The van der Waals surface area contributed by atoms with Gasteiger partial charge in [0.05, 0.1) is 27.3 Å². The second kappa shape index (κ2) is 9.19. The van der Waals surface area contributed by atoms with E-state index in [1.54, 1.807) is 45.3 Å². The number of nitrogens with zero attached hydrogens (tertiary/aromatic N) is 4. The first-order valence-corrected chi connectivity index (χ1v) is 8.46. The summed E-state index contributed by atoms with van der Waals surface area (Å²) in [7, 11) is 6.65. The van der Waals surface area contributed by atoms with Crippen LogP contribution in [0.2, 0.25) is 0 Å². The number of benzene rings is 1. The van der Waals surface area contributed by atoms with Crippen LogP contribution in [0.15, 0.2) is 22.7 Å². The fourth-order valence-electron chi connectivity index (χ4n) is 2.47. The number of carbonyl (C=O) groups is 1. The highest BCUT2D eigenvalue weighted by Crippen LogP contribution is 2.31. The molecular formula is C18H26N4O4. The maximum atomic E-state index is 12.0. The molecule has 0 atom stereocenters. The average Bonchev–Trinajstić information content (AvgIpc) is 3.09. The summed E-state index contributed by atoms with van der Waals surface area (Å²) in [5.74, 6) is 2.21. The zero-order valence-electron chi connectivity index (χ0n) is 16.0. The van der Waals surface area contributed by atoms with Crippen LogP contribution in [0.1, 0.15) is 19.2 Å². The molecular weight excluding hydrogens is 336 g/mol. The lowest BCUT2D eigenvalue weighted by Crippen LogP contribution is -2.36. The standard InChI is InChI=1S/C18H26N4O4/c1-6-9-22(12-17(23)21(2)3)11-16-19-18(20-26-16)13-7-8-14(24-4)15(10-13)25-5/h7-8,10H,6,9,11-12H2,1-5H3. The van der Waals surface area contributed by atoms with Gasteiger partial charge in [0.15, 0.2) is 11.5 Å². The predicted molar refractivity (Wildman–Crippen MR) is 97.1 cm³/mol. The van der Waals surface area contributed by atoms with Crippen LogP contribution in [0.5, 0.6) is 11.5 Å². The molecule has 1 heterocycles. The Morgan fingerprint density at radius 3 is 2.54 bits per heavy atom. The van der Waals surface area contributed by atoms with Crippen LogP contribution in [-0.2, 0) is 11.3 Å². The number of hydrogen-bond donors (Lipinski definition) is 0. The first-order chi connectivity index (χ1) is 12.5. The molecule has 0 spiro atoms. The summed E-state index contributed by atoms with van der Waals surface area (Å²) in [4.78, 5) is 20.0. The van der Waals surface area contributed by atoms with E-state index in [-0.39, 0.29) is 5.91 Å². The lowest BCUT2D eigenvalue weighted by atomic mass is 10.2. The number of methoxy groups -OCH3 is 2. The summed E-state index contributed by atoms with van der Waals surface area (Å²) < 4.78 is 15.9. The molecule has 0 aliphatic carbocycles. The molecule has 26 heavy (non-hydrogen) atoms. The molecule has 2 aromatic rings. The highest BCUT2D eigenvalue weighted by Gasteiger charge is 2.17. The molecule has 0 unspecified atom stereocenters. The van der Waals surface area contributed by atoms with Crippen molar-refractivity contribution in [3.8, 4) is 22.9 Å². The van der Waals surface area contributed by atoms with Crippen molar-refractivity contribution in [3.05, 3.63) is 24.1 Å². The topological polar surface area (TPSA) is 80.9 Å². The second-order valence-electron chi connectivity index (χ2n) is 6.08. The smallest absolute Gasteiger partial charge is 0.241 e. The molecule has 8 nitrogen and oxygen atoms in total. The summed E-state index contributed by atoms with van der Waals surface area (Å²) in [6.07, 6.45) is 0.928. The minimum atomic E-state index is 0.0399. The van der Waals surface area contributed by atoms with Gasteiger partial charge < -0.3 is 18.9 Å². The Kier molecular flexibility index (Phi) is 6.97. The van der Waals surface area contributed by atoms with Gasteiger partial charge in [0.1, 0.15) is 0 Å². The molecule has 0 aliphatic rings. The highest BCUT2D eigenvalue weighted by molar-refractivity contribution is 5.77. The van der Waals surface area contributed by atoms with Crippen molar-refractivity contribution in [2.45, 2.75) is 19.9 Å². The first kappa shape index (κ1) is 19.7. The van der Waals surface area contributed by atoms with Crippen LogP contribution in [0.25, 0.3) is 11.4 Å². The number of rotatable bonds is 9. The largest absolute Gasteiger partial charge is 0.493 e. The Bertz CT molecular complexity index is 730. The third-order valence-corrected chi connectivity index (χ3v) is 3.87. The van der Waals surface area contributed by atoms with Crippen LogP contribution in [0, 0.1) is 0 Å². The fraction of sp³-hybridized carbons (Fsp3) is 0.500. The van der Waals surface area contributed by atoms with E-state index in [2.05, 4.69) is 17.1 Å². The minimum absolute atomic E-state index is 0.0399. The van der Waals surface area contributed by atoms with E-state index < -0.39 is 0 Å². The summed E-state index contributed by atoms with van der Waals surface area (Å²) in [6, 6.07) is 5.44. The molecule has 1 aromatic heterocycles. The molecule has 0 fully saturated rings. The molecule has 2 rings (SSSR count). The van der Waals surface area contributed by atoms with Gasteiger partial charge in [0.2, 0.25) is 17.6 Å². The van der Waals surface area contributed by atoms with Gasteiger partial charge in [0, 0.05) is 19.7 Å². The third kappa shape index (κ3) is 4.95. The van der Waals surface area contributed by atoms with Crippen molar-refractivity contribution in [1.82, 2.24) is 19.9 Å². The fourth-order valence-corrected chi connectivity index (χ4v) is 2.47. The van der Waals surface area contributed by atoms with Gasteiger partial charge >= 0.3 is 0 Å². The van der Waals surface area contributed by atoms with Crippen molar-refractivity contribution in [3.63, 3.8) is 0 Å². The van der Waals surface area contributed by atoms with E-state index >= 15 is 0 Å². The number of ether oxygens (including phenoxy) is 2. The van der Waals surface area contributed by atoms with Crippen LogP contribution in [0.4, 0.5) is 0 Å². The van der Waals surface area contributed by atoms with Crippen LogP contribution in [-0.4, -0.2) is 67.3 Å². The molecule has 142 valence electrons. The molecule has 1 aromatic carbocycles. The normalized spacial score (nSPS) is 10.8. The summed E-state index contributed by atoms with van der Waals surface area (Å²) in [5, 5.41) is 4.04. The van der Waals surface area contributed by atoms with E-state index in [1.807, 2.05) is 11.0 Å². The van der Waals surface area contributed by atoms with Gasteiger partial charge in [-0.3, -0.25) is 9.69 Å². The van der Waals surface area contributed by atoms with Crippen molar-refractivity contribution in [2.24, 2.45) is 0 Å². The van der Waals surface area contributed by atoms with Gasteiger partial charge in [-0.1, -0.05) is 12.1 Å². The molecule has 0 bridgehead atoms. The van der Waals surface area contributed by atoms with Crippen molar-refractivity contribution >= 4 is 5.91 Å². The lowest BCUT2D eigenvalue weighted by Gasteiger charge is -2.21. The Labute approximate surface area is 153 Å². The quantitative estimate of drug-likeness (QED) is 0.675. The van der Waals surface area contributed by atoms with Gasteiger partial charge in [-0.05, 0) is 31.2 Å². The third-order valence-electron chi connectivity index (χ3n) is 3.87. The van der Waals surface area contributed by atoms with E-state index in [0.29, 0.717) is 36.3 Å². The Morgan fingerprint density at radius 2 is 1.92 bits per heavy atom. The average molecular weight is 362 g/mol. The highest BCUT2D eigenvalue weighted by atomic mass is 16.5. The van der Waals surface area contributed by atoms with E-state index in [1.165, 1.54) is 0 Å². The number of amides is 1. The van der Waals surface area contributed by atoms with Crippen LogP contribution < -0.4 is 9.47 Å². The Balaban J connectivity index is 2.14. The molecule has 1 amide bonds. The molecule has 0 radical (unpaired) electrons. The monoisotopic (exact) mass is 362 g/mol. The van der Waals surface area contributed by atoms with E-state index in [4.69, 9.17) is 14.0 Å². The van der Waals surface area contributed by atoms with E-state index in [0.717, 1.165) is 18.5 Å². The van der Waals surface area contributed by atoms with E-state index in [9.17, 15) is 4.79 Å². The molecule has 0 saturated carbocycles.